The molecule has 3 aromatic rings. The molecular formula is C22H25N3O2. The maximum absolute atomic E-state index is 12.9. The van der Waals surface area contributed by atoms with Crippen molar-refractivity contribution in [3.05, 3.63) is 84.2 Å². The Kier molecular flexibility index (Phi) is 6.26. The second-order valence-electron chi connectivity index (χ2n) is 6.52. The number of benzene rings is 2. The summed E-state index contributed by atoms with van der Waals surface area (Å²) in [6.45, 7) is 1.32. The number of carbonyl (C=O) groups is 1. The van der Waals surface area contributed by atoms with Crippen LogP contribution in [0.1, 0.15) is 23.5 Å². The minimum atomic E-state index is 0.0109. The summed E-state index contributed by atoms with van der Waals surface area (Å²) in [6.07, 6.45) is 4.07. The van der Waals surface area contributed by atoms with E-state index in [4.69, 9.17) is 4.74 Å². The fourth-order valence-corrected chi connectivity index (χ4v) is 3.09. The summed E-state index contributed by atoms with van der Waals surface area (Å²) in [7, 11) is 3.50. The molecule has 140 valence electrons. The lowest BCUT2D eigenvalue weighted by Gasteiger charge is -2.22. The van der Waals surface area contributed by atoms with E-state index in [-0.39, 0.29) is 11.8 Å². The number of rotatable bonds is 8. The molecule has 1 atom stereocenters. The Bertz CT molecular complexity index is 830. The van der Waals surface area contributed by atoms with Crippen molar-refractivity contribution in [2.24, 2.45) is 0 Å². The maximum atomic E-state index is 12.9. The number of amides is 1. The Hall–Kier alpha value is -3.08. The van der Waals surface area contributed by atoms with Crippen LogP contribution in [0.5, 0.6) is 5.75 Å². The predicted molar refractivity (Wildman–Crippen MR) is 106 cm³/mol. The van der Waals surface area contributed by atoms with Crippen LogP contribution in [-0.2, 0) is 11.3 Å². The Morgan fingerprint density at radius 1 is 1.07 bits per heavy atom. The third-order valence-electron chi connectivity index (χ3n) is 4.75. The Morgan fingerprint density at radius 2 is 1.78 bits per heavy atom. The molecule has 5 heteroatoms. The van der Waals surface area contributed by atoms with Crippen LogP contribution >= 0.6 is 0 Å². The molecule has 0 spiro atoms. The van der Waals surface area contributed by atoms with Gasteiger partial charge in [-0.15, -0.1) is 0 Å². The molecule has 27 heavy (non-hydrogen) atoms. The monoisotopic (exact) mass is 363 g/mol. The van der Waals surface area contributed by atoms with Gasteiger partial charge in [0.1, 0.15) is 5.75 Å². The smallest absolute Gasteiger partial charge is 0.223 e. The van der Waals surface area contributed by atoms with E-state index in [1.807, 2.05) is 66.5 Å². The molecule has 2 aromatic carbocycles. The van der Waals surface area contributed by atoms with Crippen LogP contribution in [0.4, 0.5) is 0 Å². The number of aromatic nitrogens is 2. The van der Waals surface area contributed by atoms with Gasteiger partial charge in [-0.3, -0.25) is 9.48 Å². The topological polar surface area (TPSA) is 47.4 Å². The van der Waals surface area contributed by atoms with Crippen LogP contribution in [0.3, 0.4) is 0 Å². The maximum Gasteiger partial charge on any atom is 0.223 e. The van der Waals surface area contributed by atoms with E-state index < -0.39 is 0 Å². The quantitative estimate of drug-likeness (QED) is 0.615. The zero-order chi connectivity index (χ0) is 19.1. The van der Waals surface area contributed by atoms with Crippen molar-refractivity contribution in [2.45, 2.75) is 18.9 Å². The number of hydrogen-bond acceptors (Lipinski definition) is 3. The number of carbonyl (C=O) groups excluding carboxylic acids is 1. The fraction of sp³-hybridized carbons (Fsp3) is 0.273. The molecule has 3 rings (SSSR count). The molecule has 0 saturated heterocycles. The van der Waals surface area contributed by atoms with Gasteiger partial charge in [-0.05, 0) is 29.3 Å². The van der Waals surface area contributed by atoms with Gasteiger partial charge in [0.2, 0.25) is 5.91 Å². The molecular weight excluding hydrogens is 338 g/mol. The van der Waals surface area contributed by atoms with Crippen molar-refractivity contribution in [2.75, 3.05) is 20.7 Å². The van der Waals surface area contributed by atoms with E-state index in [1.165, 1.54) is 0 Å². The molecule has 0 N–H and O–H groups in total. The number of likely N-dealkylation sites (N-methyl/N-ethyl adjacent to an activating group) is 1. The fourth-order valence-electron chi connectivity index (χ4n) is 3.09. The molecule has 0 aliphatic heterocycles. The minimum Gasteiger partial charge on any atom is -0.497 e. The van der Waals surface area contributed by atoms with Crippen LogP contribution in [0.2, 0.25) is 0 Å². The van der Waals surface area contributed by atoms with Crippen molar-refractivity contribution in [1.82, 2.24) is 14.7 Å². The summed E-state index contributed by atoms with van der Waals surface area (Å²) in [5.41, 5.74) is 2.24. The van der Waals surface area contributed by atoms with Gasteiger partial charge in [-0.25, -0.2) is 0 Å². The highest BCUT2D eigenvalue weighted by atomic mass is 16.5. The van der Waals surface area contributed by atoms with Gasteiger partial charge in [-0.1, -0.05) is 42.5 Å². The van der Waals surface area contributed by atoms with E-state index in [0.717, 1.165) is 16.9 Å². The van der Waals surface area contributed by atoms with Gasteiger partial charge in [-0.2, -0.15) is 5.10 Å². The summed E-state index contributed by atoms with van der Waals surface area (Å²) in [6, 6.07) is 20.0. The van der Waals surface area contributed by atoms with Gasteiger partial charge >= 0.3 is 0 Å². The highest BCUT2D eigenvalue weighted by Crippen LogP contribution is 2.29. The first kappa shape index (κ1) is 18.7. The van der Waals surface area contributed by atoms with Gasteiger partial charge in [0, 0.05) is 38.3 Å². The highest BCUT2D eigenvalue weighted by Gasteiger charge is 2.20. The molecule has 1 amide bonds. The lowest BCUT2D eigenvalue weighted by atomic mass is 9.88. The highest BCUT2D eigenvalue weighted by molar-refractivity contribution is 5.77. The molecule has 0 saturated carbocycles. The summed E-state index contributed by atoms with van der Waals surface area (Å²) in [4.78, 5) is 14.6. The molecule has 0 aliphatic carbocycles. The van der Waals surface area contributed by atoms with Gasteiger partial charge in [0.05, 0.1) is 13.7 Å². The summed E-state index contributed by atoms with van der Waals surface area (Å²) < 4.78 is 7.09. The standard InChI is InChI=1S/C22H25N3O2/c1-24(15-16-25-14-6-13-23-25)22(26)17-21(18-7-4-3-5-8-18)19-9-11-20(27-2)12-10-19/h3-14,21H,15-17H2,1-2H3/t21-/m0/s1. The minimum absolute atomic E-state index is 0.0109. The second kappa shape index (κ2) is 9.03. The largest absolute Gasteiger partial charge is 0.497 e. The summed E-state index contributed by atoms with van der Waals surface area (Å²) in [5, 5.41) is 4.19. The average molecular weight is 363 g/mol. The lowest BCUT2D eigenvalue weighted by molar-refractivity contribution is -0.130. The third-order valence-corrected chi connectivity index (χ3v) is 4.75. The van der Waals surface area contributed by atoms with Crippen molar-refractivity contribution in [1.29, 1.82) is 0 Å². The molecule has 1 heterocycles. The van der Waals surface area contributed by atoms with Crippen molar-refractivity contribution < 1.29 is 9.53 Å². The summed E-state index contributed by atoms with van der Waals surface area (Å²) >= 11 is 0. The Labute approximate surface area is 160 Å². The van der Waals surface area contributed by atoms with Crippen LogP contribution in [0, 0.1) is 0 Å². The van der Waals surface area contributed by atoms with E-state index >= 15 is 0 Å². The third kappa shape index (κ3) is 4.97. The van der Waals surface area contributed by atoms with Gasteiger partial charge in [0.15, 0.2) is 0 Å². The lowest BCUT2D eigenvalue weighted by Crippen LogP contribution is -2.31. The molecule has 1 aromatic heterocycles. The normalized spacial score (nSPS) is 11.8. The molecule has 0 bridgehead atoms. The molecule has 0 fully saturated rings. The number of ether oxygens (including phenoxy) is 1. The van der Waals surface area contributed by atoms with Crippen LogP contribution in [0.25, 0.3) is 0 Å². The first-order valence-electron chi connectivity index (χ1n) is 9.07. The van der Waals surface area contributed by atoms with E-state index in [1.54, 1.807) is 18.2 Å². The van der Waals surface area contributed by atoms with E-state index in [2.05, 4.69) is 17.2 Å². The first-order valence-corrected chi connectivity index (χ1v) is 9.07. The average Bonchev–Trinajstić information content (AvgIpc) is 3.24. The van der Waals surface area contributed by atoms with Gasteiger partial charge in [0.25, 0.3) is 0 Å². The zero-order valence-electron chi connectivity index (χ0n) is 15.8. The number of nitrogens with zero attached hydrogens (tertiary/aromatic N) is 3. The predicted octanol–water partition coefficient (Wildman–Crippen LogP) is 3.57. The Morgan fingerprint density at radius 3 is 2.41 bits per heavy atom. The molecule has 0 radical (unpaired) electrons. The van der Waals surface area contributed by atoms with E-state index in [0.29, 0.717) is 19.5 Å². The van der Waals surface area contributed by atoms with Crippen molar-refractivity contribution in [3.8, 4) is 5.75 Å². The van der Waals surface area contributed by atoms with Crippen molar-refractivity contribution >= 4 is 5.91 Å². The van der Waals surface area contributed by atoms with Crippen molar-refractivity contribution in [3.63, 3.8) is 0 Å². The van der Waals surface area contributed by atoms with Gasteiger partial charge < -0.3 is 9.64 Å². The molecule has 0 unspecified atom stereocenters. The molecule has 5 nitrogen and oxygen atoms in total. The SMILES string of the molecule is COc1ccc([C@@H](CC(=O)N(C)CCn2cccn2)c2ccccc2)cc1. The van der Waals surface area contributed by atoms with Crippen LogP contribution in [-0.4, -0.2) is 41.3 Å². The van der Waals surface area contributed by atoms with E-state index in [9.17, 15) is 4.79 Å². The Balaban J connectivity index is 1.73. The zero-order valence-corrected chi connectivity index (χ0v) is 15.8. The van der Waals surface area contributed by atoms with Crippen LogP contribution < -0.4 is 4.74 Å². The number of methoxy groups -OCH3 is 1. The van der Waals surface area contributed by atoms with Crippen LogP contribution in [0.15, 0.2) is 73.1 Å². The molecule has 0 aliphatic rings. The summed E-state index contributed by atoms with van der Waals surface area (Å²) in [5.74, 6) is 0.941. The number of hydrogen-bond donors (Lipinski definition) is 0. The second-order valence-corrected chi connectivity index (χ2v) is 6.52. The first-order chi connectivity index (χ1) is 13.2.